The minimum Gasteiger partial charge on any atom is -0.495 e. The van der Waals surface area contributed by atoms with Crippen molar-refractivity contribution in [1.82, 2.24) is 0 Å². The Morgan fingerprint density at radius 3 is 2.60 bits per heavy atom. The van der Waals surface area contributed by atoms with Gasteiger partial charge in [-0.3, -0.25) is 14.5 Å². The van der Waals surface area contributed by atoms with Crippen molar-refractivity contribution in [1.29, 1.82) is 0 Å². The van der Waals surface area contributed by atoms with Crippen LogP contribution in [0.1, 0.15) is 29.8 Å². The van der Waals surface area contributed by atoms with Gasteiger partial charge in [0, 0.05) is 11.1 Å². The van der Waals surface area contributed by atoms with Crippen molar-refractivity contribution in [2.45, 2.75) is 26.4 Å². The summed E-state index contributed by atoms with van der Waals surface area (Å²) in [6, 6.07) is 7.41. The summed E-state index contributed by atoms with van der Waals surface area (Å²) in [5.74, 6) is -1.40. The molecule has 0 unspecified atom stereocenters. The van der Waals surface area contributed by atoms with Gasteiger partial charge in [0.25, 0.3) is 5.91 Å². The number of nitrogens with zero attached hydrogens (tertiary/aromatic N) is 1. The Bertz CT molecular complexity index is 1050. The fraction of sp³-hybridized carbons (Fsp3) is 0.286. The van der Waals surface area contributed by atoms with Gasteiger partial charge in [-0.25, -0.2) is 4.79 Å². The molecule has 30 heavy (non-hydrogen) atoms. The molecule has 0 aromatic heterocycles. The number of nitrogens with one attached hydrogen (secondary N) is 1. The molecule has 2 amide bonds. The van der Waals surface area contributed by atoms with E-state index >= 15 is 0 Å². The molecule has 0 fully saturated rings. The Morgan fingerprint density at radius 2 is 1.97 bits per heavy atom. The Hall–Kier alpha value is -3.26. The average molecular weight is 433 g/mol. The number of methoxy groups -OCH3 is 1. The Labute approximate surface area is 178 Å². The predicted octanol–water partition coefficient (Wildman–Crippen LogP) is 3.50. The molecule has 158 valence electrons. The van der Waals surface area contributed by atoms with Gasteiger partial charge >= 0.3 is 5.97 Å². The molecule has 1 aliphatic heterocycles. The quantitative estimate of drug-likeness (QED) is 0.749. The maximum Gasteiger partial charge on any atom is 0.335 e. The zero-order valence-electron chi connectivity index (χ0n) is 16.9. The molecule has 1 aliphatic rings. The minimum absolute atomic E-state index is 0.0182. The molecule has 2 aromatic rings. The Kier molecular flexibility index (Phi) is 5.63. The number of hydrogen-bond donors (Lipinski definition) is 2. The zero-order valence-corrected chi connectivity index (χ0v) is 17.7. The number of carboxylic acids is 1. The van der Waals surface area contributed by atoms with Crippen molar-refractivity contribution < 1.29 is 29.0 Å². The first-order valence-corrected chi connectivity index (χ1v) is 9.43. The highest BCUT2D eigenvalue weighted by Crippen LogP contribution is 2.38. The molecule has 0 bridgehead atoms. The van der Waals surface area contributed by atoms with Gasteiger partial charge in [0.2, 0.25) is 5.91 Å². The Balaban J connectivity index is 1.90. The molecule has 1 heterocycles. The Morgan fingerprint density at radius 1 is 1.27 bits per heavy atom. The van der Waals surface area contributed by atoms with E-state index in [0.29, 0.717) is 22.1 Å². The van der Waals surface area contributed by atoms with Gasteiger partial charge in [-0.1, -0.05) is 11.6 Å². The number of carboxylic acid groups (broad SMARTS) is 1. The van der Waals surface area contributed by atoms with Crippen LogP contribution < -0.4 is 19.7 Å². The maximum atomic E-state index is 12.9. The van der Waals surface area contributed by atoms with Crippen LogP contribution in [0.5, 0.6) is 11.5 Å². The van der Waals surface area contributed by atoms with Crippen molar-refractivity contribution in [2.75, 3.05) is 23.9 Å². The first kappa shape index (κ1) is 21.4. The van der Waals surface area contributed by atoms with Crippen molar-refractivity contribution in [3.63, 3.8) is 0 Å². The molecule has 0 aliphatic carbocycles. The summed E-state index contributed by atoms with van der Waals surface area (Å²) in [7, 11) is 1.46. The summed E-state index contributed by atoms with van der Waals surface area (Å²) >= 11 is 6.10. The summed E-state index contributed by atoms with van der Waals surface area (Å²) in [6.07, 6.45) is 0. The number of aromatic carboxylic acids is 1. The third kappa shape index (κ3) is 4.04. The van der Waals surface area contributed by atoms with E-state index in [4.69, 9.17) is 21.1 Å². The number of benzene rings is 2. The molecule has 0 saturated heterocycles. The van der Waals surface area contributed by atoms with Gasteiger partial charge in [-0.05, 0) is 50.6 Å². The fourth-order valence-electron chi connectivity index (χ4n) is 3.12. The number of anilines is 2. The highest BCUT2D eigenvalue weighted by Gasteiger charge is 2.41. The van der Waals surface area contributed by atoms with Crippen LogP contribution in [-0.4, -0.2) is 42.1 Å². The lowest BCUT2D eigenvalue weighted by molar-refractivity contribution is -0.133. The van der Waals surface area contributed by atoms with Gasteiger partial charge in [0.05, 0.1) is 24.0 Å². The number of carbonyl (C=O) groups excluding carboxylic acids is 2. The summed E-state index contributed by atoms with van der Waals surface area (Å²) in [4.78, 5) is 38.2. The molecular weight excluding hydrogens is 412 g/mol. The summed E-state index contributed by atoms with van der Waals surface area (Å²) in [5.41, 5.74) is 0.246. The zero-order chi connectivity index (χ0) is 22.2. The van der Waals surface area contributed by atoms with Crippen LogP contribution in [0.2, 0.25) is 5.02 Å². The molecule has 2 aromatic carbocycles. The molecule has 9 heteroatoms. The third-order valence-electron chi connectivity index (χ3n) is 4.68. The van der Waals surface area contributed by atoms with Crippen molar-refractivity contribution >= 4 is 40.8 Å². The molecule has 8 nitrogen and oxygen atoms in total. The van der Waals surface area contributed by atoms with Crippen LogP contribution in [0.15, 0.2) is 30.3 Å². The van der Waals surface area contributed by atoms with Crippen LogP contribution in [0.3, 0.4) is 0 Å². The lowest BCUT2D eigenvalue weighted by atomic mass is 10.0. The van der Waals surface area contributed by atoms with Gasteiger partial charge < -0.3 is 19.9 Å². The number of halogens is 1. The minimum atomic E-state index is -1.26. The maximum absolute atomic E-state index is 12.9. The van der Waals surface area contributed by atoms with Gasteiger partial charge in [-0.15, -0.1) is 0 Å². The van der Waals surface area contributed by atoms with E-state index in [2.05, 4.69) is 5.32 Å². The standard InChI is InChI=1S/C21H21ClN2O6/c1-11-7-14(16(29-4)9-13(11)22)23-18(25)10-24-15-6-5-12(19(26)27)8-17(15)30-21(2,3)20(24)28/h5-9H,10H2,1-4H3,(H,23,25)(H,26,27). The average Bonchev–Trinajstić information content (AvgIpc) is 2.67. The van der Waals surface area contributed by atoms with Crippen LogP contribution in [-0.2, 0) is 9.59 Å². The third-order valence-corrected chi connectivity index (χ3v) is 5.09. The summed E-state index contributed by atoms with van der Waals surface area (Å²) in [5, 5.41) is 12.4. The van der Waals surface area contributed by atoms with E-state index in [1.165, 1.54) is 30.2 Å². The van der Waals surface area contributed by atoms with Crippen molar-refractivity contribution in [3.05, 3.63) is 46.5 Å². The number of hydrogen-bond acceptors (Lipinski definition) is 5. The van der Waals surface area contributed by atoms with E-state index < -0.39 is 23.4 Å². The number of fused-ring (bicyclic) bond motifs is 1. The molecule has 2 N–H and O–H groups in total. The van der Waals surface area contributed by atoms with Gasteiger partial charge in [0.15, 0.2) is 5.60 Å². The second-order valence-electron chi connectivity index (χ2n) is 7.34. The first-order chi connectivity index (χ1) is 14.0. The smallest absolute Gasteiger partial charge is 0.335 e. The monoisotopic (exact) mass is 432 g/mol. The number of aryl methyl sites for hydroxylation is 1. The van der Waals surface area contributed by atoms with Crippen LogP contribution in [0, 0.1) is 6.92 Å². The van der Waals surface area contributed by atoms with Gasteiger partial charge in [0.1, 0.15) is 18.0 Å². The fourth-order valence-corrected chi connectivity index (χ4v) is 3.28. The molecule has 0 radical (unpaired) electrons. The SMILES string of the molecule is COc1cc(Cl)c(C)cc1NC(=O)CN1C(=O)C(C)(C)Oc2cc(C(=O)O)ccc21. The van der Waals surface area contributed by atoms with E-state index in [0.717, 1.165) is 5.56 Å². The van der Waals surface area contributed by atoms with Crippen LogP contribution in [0.4, 0.5) is 11.4 Å². The number of rotatable bonds is 5. The molecule has 0 saturated carbocycles. The normalized spacial score (nSPS) is 14.6. The lowest BCUT2D eigenvalue weighted by Gasteiger charge is -2.38. The lowest BCUT2D eigenvalue weighted by Crippen LogP contribution is -2.54. The van der Waals surface area contributed by atoms with Gasteiger partial charge in [-0.2, -0.15) is 0 Å². The predicted molar refractivity (Wildman–Crippen MR) is 112 cm³/mol. The highest BCUT2D eigenvalue weighted by atomic mass is 35.5. The van der Waals surface area contributed by atoms with Crippen LogP contribution >= 0.6 is 11.6 Å². The van der Waals surface area contributed by atoms with Crippen molar-refractivity contribution in [3.8, 4) is 11.5 Å². The summed E-state index contributed by atoms with van der Waals surface area (Å²) in [6.45, 7) is 4.61. The molecule has 0 spiro atoms. The van der Waals surface area contributed by atoms with Crippen LogP contribution in [0.25, 0.3) is 0 Å². The summed E-state index contributed by atoms with van der Waals surface area (Å²) < 4.78 is 11.0. The largest absolute Gasteiger partial charge is 0.495 e. The molecular formula is C21H21ClN2O6. The van der Waals surface area contributed by atoms with E-state index in [9.17, 15) is 19.5 Å². The molecule has 3 rings (SSSR count). The number of carbonyl (C=O) groups is 3. The molecule has 0 atom stereocenters. The van der Waals surface area contributed by atoms with E-state index in [1.54, 1.807) is 32.9 Å². The first-order valence-electron chi connectivity index (χ1n) is 9.06. The highest BCUT2D eigenvalue weighted by molar-refractivity contribution is 6.31. The van der Waals surface area contributed by atoms with E-state index in [-0.39, 0.29) is 17.9 Å². The second kappa shape index (κ2) is 7.87. The van der Waals surface area contributed by atoms with Crippen molar-refractivity contribution in [2.24, 2.45) is 0 Å². The number of amides is 2. The number of ether oxygens (including phenoxy) is 2. The topological polar surface area (TPSA) is 105 Å². The second-order valence-corrected chi connectivity index (χ2v) is 7.75. The van der Waals surface area contributed by atoms with E-state index in [1.807, 2.05) is 0 Å².